The molecule has 2 atom stereocenters. The molecule has 3 amide bonds. The first kappa shape index (κ1) is 16.8. The molecule has 2 aliphatic rings. The molecule has 2 aliphatic heterocycles. The number of urea groups is 1. The maximum atomic E-state index is 12.4. The van der Waals surface area contributed by atoms with E-state index in [2.05, 4.69) is 41.4 Å². The maximum absolute atomic E-state index is 12.4. The predicted octanol–water partition coefficient (Wildman–Crippen LogP) is 0.991. The van der Waals surface area contributed by atoms with Gasteiger partial charge in [0.2, 0.25) is 5.91 Å². The molecule has 130 valence electrons. The molecule has 0 saturated carbocycles. The van der Waals surface area contributed by atoms with Crippen molar-refractivity contribution in [1.29, 1.82) is 0 Å². The molecule has 1 N–H and O–H groups in total. The Kier molecular flexibility index (Phi) is 5.04. The molecular formula is C18H26N4O2. The second-order valence-electron chi connectivity index (χ2n) is 6.95. The van der Waals surface area contributed by atoms with Crippen LogP contribution in [0.3, 0.4) is 0 Å². The second kappa shape index (κ2) is 7.21. The summed E-state index contributed by atoms with van der Waals surface area (Å²) in [5.74, 6) is 0.405. The van der Waals surface area contributed by atoms with Crippen LogP contribution < -0.4 is 5.32 Å². The molecule has 1 aromatic rings. The molecule has 2 saturated heterocycles. The SMILES string of the molecule is CC1CN(Cc2ccccc2)CC1NC(=O)N1CCN(C)C(=O)C1. The van der Waals surface area contributed by atoms with Gasteiger partial charge in [-0.05, 0) is 11.5 Å². The first-order valence-corrected chi connectivity index (χ1v) is 8.58. The minimum Gasteiger partial charge on any atom is -0.342 e. The Balaban J connectivity index is 1.52. The molecule has 0 radical (unpaired) electrons. The Morgan fingerprint density at radius 2 is 1.96 bits per heavy atom. The number of likely N-dealkylation sites (tertiary alicyclic amines) is 1. The highest BCUT2D eigenvalue weighted by molar-refractivity contribution is 5.85. The lowest BCUT2D eigenvalue weighted by Crippen LogP contribution is -2.55. The van der Waals surface area contributed by atoms with E-state index in [9.17, 15) is 9.59 Å². The lowest BCUT2D eigenvalue weighted by atomic mass is 10.1. The highest BCUT2D eigenvalue weighted by Crippen LogP contribution is 2.19. The van der Waals surface area contributed by atoms with Gasteiger partial charge in [-0.25, -0.2) is 4.79 Å². The van der Waals surface area contributed by atoms with Gasteiger partial charge in [0.05, 0.1) is 0 Å². The van der Waals surface area contributed by atoms with Crippen molar-refractivity contribution in [3.05, 3.63) is 35.9 Å². The molecular weight excluding hydrogens is 304 g/mol. The fourth-order valence-electron chi connectivity index (χ4n) is 3.41. The standard InChI is InChI=1S/C18H26N4O2/c1-14-10-21(11-15-6-4-3-5-7-15)12-16(14)19-18(24)22-9-8-20(2)17(23)13-22/h3-7,14,16H,8-13H2,1-2H3,(H,19,24). The summed E-state index contributed by atoms with van der Waals surface area (Å²) in [5, 5.41) is 3.12. The number of nitrogens with one attached hydrogen (secondary N) is 1. The quantitative estimate of drug-likeness (QED) is 0.899. The third kappa shape index (κ3) is 3.87. The minimum absolute atomic E-state index is 0.00146. The van der Waals surface area contributed by atoms with E-state index in [1.54, 1.807) is 16.8 Å². The topological polar surface area (TPSA) is 55.9 Å². The van der Waals surface area contributed by atoms with E-state index in [0.717, 1.165) is 19.6 Å². The van der Waals surface area contributed by atoms with Gasteiger partial charge < -0.3 is 15.1 Å². The molecule has 2 unspecified atom stereocenters. The number of hydrogen-bond acceptors (Lipinski definition) is 3. The van der Waals surface area contributed by atoms with E-state index >= 15 is 0 Å². The Bertz CT molecular complexity index is 592. The Labute approximate surface area is 143 Å². The molecule has 3 rings (SSSR count). The third-order valence-electron chi connectivity index (χ3n) is 4.99. The van der Waals surface area contributed by atoms with E-state index in [-0.39, 0.29) is 24.5 Å². The van der Waals surface area contributed by atoms with Gasteiger partial charge in [0.25, 0.3) is 0 Å². The van der Waals surface area contributed by atoms with Crippen LogP contribution in [0, 0.1) is 5.92 Å². The summed E-state index contributed by atoms with van der Waals surface area (Å²) < 4.78 is 0. The summed E-state index contributed by atoms with van der Waals surface area (Å²) in [6, 6.07) is 10.4. The smallest absolute Gasteiger partial charge is 0.318 e. The van der Waals surface area contributed by atoms with Gasteiger partial charge in [0.1, 0.15) is 6.54 Å². The van der Waals surface area contributed by atoms with Crippen LogP contribution in [0.15, 0.2) is 30.3 Å². The highest BCUT2D eigenvalue weighted by Gasteiger charge is 2.33. The molecule has 0 aromatic heterocycles. The van der Waals surface area contributed by atoms with Crippen LogP contribution in [0.2, 0.25) is 0 Å². The van der Waals surface area contributed by atoms with Crippen LogP contribution in [0.25, 0.3) is 0 Å². The number of benzene rings is 1. The van der Waals surface area contributed by atoms with Crippen LogP contribution in [0.4, 0.5) is 4.79 Å². The van der Waals surface area contributed by atoms with Crippen molar-refractivity contribution < 1.29 is 9.59 Å². The van der Waals surface area contributed by atoms with Gasteiger partial charge >= 0.3 is 6.03 Å². The summed E-state index contributed by atoms with van der Waals surface area (Å²) in [5.41, 5.74) is 1.29. The first-order valence-electron chi connectivity index (χ1n) is 8.58. The van der Waals surface area contributed by atoms with Crippen molar-refractivity contribution >= 4 is 11.9 Å². The van der Waals surface area contributed by atoms with E-state index < -0.39 is 0 Å². The average Bonchev–Trinajstić information content (AvgIpc) is 2.90. The van der Waals surface area contributed by atoms with Gasteiger partial charge in [-0.1, -0.05) is 37.3 Å². The van der Waals surface area contributed by atoms with E-state index in [4.69, 9.17) is 0 Å². The van der Waals surface area contributed by atoms with Gasteiger partial charge in [0, 0.05) is 45.8 Å². The summed E-state index contributed by atoms with van der Waals surface area (Å²) in [6.45, 7) is 6.29. The van der Waals surface area contributed by atoms with Crippen LogP contribution >= 0.6 is 0 Å². The zero-order valence-corrected chi connectivity index (χ0v) is 14.4. The average molecular weight is 330 g/mol. The normalized spacial score (nSPS) is 25.2. The number of nitrogens with zero attached hydrogens (tertiary/aromatic N) is 3. The number of amides is 3. The minimum atomic E-state index is -0.116. The zero-order valence-electron chi connectivity index (χ0n) is 14.4. The first-order chi connectivity index (χ1) is 11.5. The number of likely N-dealkylation sites (N-methyl/N-ethyl adjacent to an activating group) is 1. The van der Waals surface area contributed by atoms with Gasteiger partial charge in [0.15, 0.2) is 0 Å². The molecule has 24 heavy (non-hydrogen) atoms. The van der Waals surface area contributed by atoms with Crippen molar-refractivity contribution in [2.24, 2.45) is 5.92 Å². The predicted molar refractivity (Wildman–Crippen MR) is 92.4 cm³/mol. The van der Waals surface area contributed by atoms with Crippen molar-refractivity contribution in [3.63, 3.8) is 0 Å². The van der Waals surface area contributed by atoms with Gasteiger partial charge in [-0.15, -0.1) is 0 Å². The number of piperazine rings is 1. The lowest BCUT2D eigenvalue weighted by molar-refractivity contribution is -0.133. The Morgan fingerprint density at radius 3 is 2.67 bits per heavy atom. The molecule has 2 heterocycles. The van der Waals surface area contributed by atoms with Crippen LogP contribution in [0.5, 0.6) is 0 Å². The van der Waals surface area contributed by atoms with E-state index in [1.165, 1.54) is 5.56 Å². The van der Waals surface area contributed by atoms with Gasteiger partial charge in [-0.2, -0.15) is 0 Å². The van der Waals surface area contributed by atoms with Crippen molar-refractivity contribution in [3.8, 4) is 0 Å². The highest BCUT2D eigenvalue weighted by atomic mass is 16.2. The molecule has 6 heteroatoms. The molecule has 0 spiro atoms. The van der Waals surface area contributed by atoms with Crippen LogP contribution in [0.1, 0.15) is 12.5 Å². The largest absolute Gasteiger partial charge is 0.342 e. The fourth-order valence-corrected chi connectivity index (χ4v) is 3.41. The number of carbonyl (C=O) groups is 2. The summed E-state index contributed by atoms with van der Waals surface area (Å²) in [7, 11) is 1.78. The van der Waals surface area contributed by atoms with Crippen molar-refractivity contribution in [2.75, 3.05) is 39.8 Å². The van der Waals surface area contributed by atoms with E-state index in [1.807, 2.05) is 6.07 Å². The molecule has 0 aliphatic carbocycles. The number of hydrogen-bond donors (Lipinski definition) is 1. The molecule has 1 aromatic carbocycles. The summed E-state index contributed by atoms with van der Waals surface area (Å²) in [4.78, 5) is 29.9. The maximum Gasteiger partial charge on any atom is 0.318 e. The molecule has 6 nitrogen and oxygen atoms in total. The second-order valence-corrected chi connectivity index (χ2v) is 6.95. The number of carbonyl (C=O) groups excluding carboxylic acids is 2. The number of rotatable bonds is 3. The summed E-state index contributed by atoms with van der Waals surface area (Å²) in [6.07, 6.45) is 0. The monoisotopic (exact) mass is 330 g/mol. The summed E-state index contributed by atoms with van der Waals surface area (Å²) >= 11 is 0. The third-order valence-corrected chi connectivity index (χ3v) is 4.99. The van der Waals surface area contributed by atoms with Gasteiger partial charge in [-0.3, -0.25) is 9.69 Å². The Morgan fingerprint density at radius 1 is 1.21 bits per heavy atom. The molecule has 2 fully saturated rings. The van der Waals surface area contributed by atoms with E-state index in [0.29, 0.717) is 19.0 Å². The lowest BCUT2D eigenvalue weighted by Gasteiger charge is -2.33. The van der Waals surface area contributed by atoms with Crippen molar-refractivity contribution in [2.45, 2.75) is 19.5 Å². The van der Waals surface area contributed by atoms with Crippen LogP contribution in [-0.4, -0.2) is 72.5 Å². The zero-order chi connectivity index (χ0) is 17.1. The van der Waals surface area contributed by atoms with Crippen LogP contribution in [-0.2, 0) is 11.3 Å². The molecule has 0 bridgehead atoms. The fraction of sp³-hybridized carbons (Fsp3) is 0.556. The Hall–Kier alpha value is -2.08. The van der Waals surface area contributed by atoms with Crippen molar-refractivity contribution in [1.82, 2.24) is 20.0 Å².